The molecule has 0 unspecified atom stereocenters. The van der Waals surface area contributed by atoms with Crippen molar-refractivity contribution in [3.05, 3.63) is 52.2 Å². The lowest BCUT2D eigenvalue weighted by atomic mass is 9.97. The zero-order chi connectivity index (χ0) is 20.1. The molecule has 5 nitrogen and oxygen atoms in total. The van der Waals surface area contributed by atoms with Crippen LogP contribution in [0.25, 0.3) is 10.2 Å². The molecule has 1 aromatic carbocycles. The molecular formula is C23H29N3O2S. The Labute approximate surface area is 176 Å². The molecule has 0 radical (unpaired) electrons. The van der Waals surface area contributed by atoms with Gasteiger partial charge in [0, 0.05) is 24.5 Å². The fourth-order valence-corrected chi connectivity index (χ4v) is 5.18. The summed E-state index contributed by atoms with van der Waals surface area (Å²) in [5, 5.41) is 4.73. The van der Waals surface area contributed by atoms with Crippen LogP contribution in [0.1, 0.15) is 48.5 Å². The van der Waals surface area contributed by atoms with Gasteiger partial charge in [-0.1, -0.05) is 30.3 Å². The summed E-state index contributed by atoms with van der Waals surface area (Å²) in [6.07, 6.45) is 5.24. The highest BCUT2D eigenvalue weighted by atomic mass is 32.1. The van der Waals surface area contributed by atoms with E-state index in [1.165, 1.54) is 34.2 Å². The molecule has 1 N–H and O–H groups in total. The Bertz CT molecular complexity index is 936. The third kappa shape index (κ3) is 4.77. The van der Waals surface area contributed by atoms with Crippen LogP contribution in [-0.4, -0.2) is 36.0 Å². The number of hydrogen-bond donors (Lipinski definition) is 1. The number of nitrogens with zero attached hydrogens (tertiary/aromatic N) is 2. The fourth-order valence-electron chi connectivity index (χ4n) is 3.90. The van der Waals surface area contributed by atoms with Gasteiger partial charge < -0.3 is 14.8 Å². The van der Waals surface area contributed by atoms with Gasteiger partial charge in [0.1, 0.15) is 16.5 Å². The molecule has 29 heavy (non-hydrogen) atoms. The molecule has 4 rings (SSSR count). The van der Waals surface area contributed by atoms with Gasteiger partial charge in [-0.2, -0.15) is 0 Å². The molecule has 1 aliphatic carbocycles. The van der Waals surface area contributed by atoms with Crippen LogP contribution in [0.15, 0.2) is 30.3 Å². The summed E-state index contributed by atoms with van der Waals surface area (Å²) in [7, 11) is 0. The van der Waals surface area contributed by atoms with Crippen LogP contribution < -0.4 is 5.32 Å². The van der Waals surface area contributed by atoms with Crippen LogP contribution in [0, 0.1) is 0 Å². The van der Waals surface area contributed by atoms with E-state index in [0.29, 0.717) is 19.8 Å². The molecule has 3 aromatic rings. The molecule has 154 valence electrons. The topological polar surface area (TPSA) is 56.3 Å². The maximum Gasteiger partial charge on any atom is 0.174 e. The van der Waals surface area contributed by atoms with Gasteiger partial charge in [0.2, 0.25) is 0 Å². The summed E-state index contributed by atoms with van der Waals surface area (Å²) in [5.41, 5.74) is 2.66. The summed E-state index contributed by atoms with van der Waals surface area (Å²) in [6.45, 7) is 5.80. The Morgan fingerprint density at radius 1 is 1.03 bits per heavy atom. The van der Waals surface area contributed by atoms with Gasteiger partial charge in [-0.05, 0) is 50.7 Å². The van der Waals surface area contributed by atoms with Gasteiger partial charge in [0.05, 0.1) is 11.9 Å². The van der Waals surface area contributed by atoms with Crippen molar-refractivity contribution >= 4 is 27.4 Å². The van der Waals surface area contributed by atoms with E-state index in [0.717, 1.165) is 35.7 Å². The van der Waals surface area contributed by atoms with Crippen molar-refractivity contribution in [2.24, 2.45) is 0 Å². The van der Waals surface area contributed by atoms with E-state index in [1.807, 2.05) is 31.3 Å². The predicted octanol–water partition coefficient (Wildman–Crippen LogP) is 4.97. The molecule has 0 amide bonds. The SMILES string of the molecule is CCOC(CNc1nc(Cc2ccccc2)nc2sc3c(c12)CCCC3)OCC. The van der Waals surface area contributed by atoms with E-state index in [-0.39, 0.29) is 6.29 Å². The first-order valence-corrected chi connectivity index (χ1v) is 11.4. The molecule has 2 heterocycles. The average molecular weight is 412 g/mol. The van der Waals surface area contributed by atoms with E-state index in [4.69, 9.17) is 19.4 Å². The summed E-state index contributed by atoms with van der Waals surface area (Å²) in [6, 6.07) is 10.4. The number of anilines is 1. The smallest absolute Gasteiger partial charge is 0.174 e. The van der Waals surface area contributed by atoms with E-state index in [9.17, 15) is 0 Å². The van der Waals surface area contributed by atoms with E-state index in [1.54, 1.807) is 0 Å². The Morgan fingerprint density at radius 3 is 2.55 bits per heavy atom. The van der Waals surface area contributed by atoms with Crippen molar-refractivity contribution in [2.45, 2.75) is 52.2 Å². The molecule has 0 spiro atoms. The molecule has 0 atom stereocenters. The van der Waals surface area contributed by atoms with Gasteiger partial charge in [-0.3, -0.25) is 0 Å². The van der Waals surface area contributed by atoms with Crippen LogP contribution in [0.2, 0.25) is 0 Å². The highest BCUT2D eigenvalue weighted by Gasteiger charge is 2.22. The third-order valence-electron chi connectivity index (χ3n) is 5.21. The van der Waals surface area contributed by atoms with Gasteiger partial charge in [0.15, 0.2) is 6.29 Å². The monoisotopic (exact) mass is 411 g/mol. The van der Waals surface area contributed by atoms with Gasteiger partial charge in [0.25, 0.3) is 0 Å². The Hall–Kier alpha value is -2.02. The molecule has 2 aromatic heterocycles. The number of aromatic nitrogens is 2. The molecule has 0 saturated heterocycles. The average Bonchev–Trinajstić information content (AvgIpc) is 3.11. The highest BCUT2D eigenvalue weighted by molar-refractivity contribution is 7.19. The van der Waals surface area contributed by atoms with Crippen molar-refractivity contribution in [3.63, 3.8) is 0 Å². The van der Waals surface area contributed by atoms with Crippen molar-refractivity contribution in [2.75, 3.05) is 25.1 Å². The summed E-state index contributed by atoms with van der Waals surface area (Å²) < 4.78 is 11.4. The number of fused-ring (bicyclic) bond motifs is 3. The van der Waals surface area contributed by atoms with E-state index >= 15 is 0 Å². The molecular weight excluding hydrogens is 382 g/mol. The number of hydrogen-bond acceptors (Lipinski definition) is 6. The van der Waals surface area contributed by atoms with E-state index < -0.39 is 0 Å². The maximum absolute atomic E-state index is 5.71. The number of benzene rings is 1. The predicted molar refractivity (Wildman–Crippen MR) is 119 cm³/mol. The second kappa shape index (κ2) is 9.65. The first-order chi connectivity index (χ1) is 14.3. The molecule has 0 saturated carbocycles. The highest BCUT2D eigenvalue weighted by Crippen LogP contribution is 2.38. The van der Waals surface area contributed by atoms with Gasteiger partial charge in [-0.25, -0.2) is 9.97 Å². The second-order valence-corrected chi connectivity index (χ2v) is 8.35. The fraction of sp³-hybridized carbons (Fsp3) is 0.478. The third-order valence-corrected chi connectivity index (χ3v) is 6.39. The van der Waals surface area contributed by atoms with Crippen molar-refractivity contribution in [1.82, 2.24) is 9.97 Å². The first-order valence-electron chi connectivity index (χ1n) is 10.6. The molecule has 1 aliphatic rings. The largest absolute Gasteiger partial charge is 0.364 e. The zero-order valence-corrected chi connectivity index (χ0v) is 18.1. The summed E-state index contributed by atoms with van der Waals surface area (Å²) in [4.78, 5) is 12.5. The maximum atomic E-state index is 5.71. The number of nitrogens with one attached hydrogen (secondary N) is 1. The lowest BCUT2D eigenvalue weighted by Crippen LogP contribution is -2.27. The Balaban J connectivity index is 1.67. The minimum Gasteiger partial charge on any atom is -0.364 e. The number of aryl methyl sites for hydroxylation is 2. The lowest BCUT2D eigenvalue weighted by Gasteiger charge is -2.19. The standard InChI is InChI=1S/C23H29N3O2S/c1-3-27-20(28-4-2)15-24-22-21-17-12-8-9-13-18(17)29-23(21)26-19(25-22)14-16-10-6-5-7-11-16/h5-7,10-11,20H,3-4,8-9,12-15H2,1-2H3,(H,24,25,26). The van der Waals surface area contributed by atoms with Crippen LogP contribution in [0.5, 0.6) is 0 Å². The minimum atomic E-state index is -0.276. The zero-order valence-electron chi connectivity index (χ0n) is 17.2. The van der Waals surface area contributed by atoms with Gasteiger partial charge in [-0.15, -0.1) is 11.3 Å². The van der Waals surface area contributed by atoms with Crippen LogP contribution in [0.4, 0.5) is 5.82 Å². The lowest BCUT2D eigenvalue weighted by molar-refractivity contribution is -0.126. The second-order valence-electron chi connectivity index (χ2n) is 7.26. The normalized spacial score (nSPS) is 13.8. The van der Waals surface area contributed by atoms with Crippen molar-refractivity contribution < 1.29 is 9.47 Å². The summed E-state index contributed by atoms with van der Waals surface area (Å²) in [5.74, 6) is 1.78. The quantitative estimate of drug-likeness (QED) is 0.504. The van der Waals surface area contributed by atoms with Crippen LogP contribution >= 0.6 is 11.3 Å². The molecule has 0 aliphatic heterocycles. The van der Waals surface area contributed by atoms with Crippen molar-refractivity contribution in [3.8, 4) is 0 Å². The first kappa shape index (κ1) is 20.3. The van der Waals surface area contributed by atoms with E-state index in [2.05, 4.69) is 29.6 Å². The number of ether oxygens (including phenoxy) is 2. The molecule has 6 heteroatoms. The minimum absolute atomic E-state index is 0.276. The van der Waals surface area contributed by atoms with Crippen molar-refractivity contribution in [1.29, 1.82) is 0 Å². The Morgan fingerprint density at radius 2 is 1.79 bits per heavy atom. The molecule has 0 fully saturated rings. The van der Waals surface area contributed by atoms with Crippen LogP contribution in [-0.2, 0) is 28.7 Å². The van der Waals surface area contributed by atoms with Gasteiger partial charge >= 0.3 is 0 Å². The summed E-state index contributed by atoms with van der Waals surface area (Å²) >= 11 is 1.84. The number of thiophene rings is 1. The van der Waals surface area contributed by atoms with Crippen LogP contribution in [0.3, 0.4) is 0 Å². The molecule has 0 bridgehead atoms. The Kier molecular flexibility index (Phi) is 6.74. The number of rotatable bonds is 9.